The van der Waals surface area contributed by atoms with Crippen molar-refractivity contribution >= 4 is 33.5 Å². The van der Waals surface area contributed by atoms with Crippen LogP contribution in [0.2, 0.25) is 0 Å². The van der Waals surface area contributed by atoms with Gasteiger partial charge in [-0.2, -0.15) is 20.2 Å². The van der Waals surface area contributed by atoms with Crippen LogP contribution in [0.3, 0.4) is 0 Å². The summed E-state index contributed by atoms with van der Waals surface area (Å²) in [4.78, 5) is 15.9. The van der Waals surface area contributed by atoms with Gasteiger partial charge >= 0.3 is 6.01 Å². The lowest BCUT2D eigenvalue weighted by Gasteiger charge is -2.27. The summed E-state index contributed by atoms with van der Waals surface area (Å²) in [6, 6.07) is 13.5. The van der Waals surface area contributed by atoms with Crippen LogP contribution in [0.25, 0.3) is 0 Å². The number of halogens is 1. The summed E-state index contributed by atoms with van der Waals surface area (Å²) in [6.45, 7) is 5.82. The van der Waals surface area contributed by atoms with Gasteiger partial charge in [0.1, 0.15) is 5.75 Å². The first kappa shape index (κ1) is 21.1. The Bertz CT molecular complexity index is 1100. The van der Waals surface area contributed by atoms with Crippen molar-refractivity contribution < 1.29 is 4.74 Å². The highest BCUT2D eigenvalue weighted by Gasteiger charge is 2.18. The zero-order valence-electron chi connectivity index (χ0n) is 17.5. The van der Waals surface area contributed by atoms with Crippen LogP contribution in [0.15, 0.2) is 40.9 Å². The third-order valence-corrected chi connectivity index (χ3v) is 5.59. The maximum atomic E-state index is 9.01. The largest absolute Gasteiger partial charge is 0.424 e. The number of nitrogens with zero attached hydrogens (tertiary/aromatic N) is 5. The van der Waals surface area contributed by atoms with Crippen LogP contribution >= 0.6 is 15.9 Å². The Kier molecular flexibility index (Phi) is 6.33. The Morgan fingerprint density at radius 3 is 2.32 bits per heavy atom. The van der Waals surface area contributed by atoms with E-state index in [9.17, 15) is 0 Å². The molecule has 1 aliphatic heterocycles. The number of benzene rings is 2. The number of aromatic nitrogens is 3. The van der Waals surface area contributed by atoms with E-state index < -0.39 is 0 Å². The molecular weight excluding hydrogens is 456 g/mol. The van der Waals surface area contributed by atoms with E-state index in [1.165, 1.54) is 6.42 Å². The Balaban J connectivity index is 1.68. The standard InChI is InChI=1S/C23H23BrN6O/c1-15-12-18(24)13-16(2)20(15)31-23-28-21(26-19-8-6-17(14-25)7-9-19)27-22(29-23)30-10-4-3-5-11-30/h6-9,12-13H,3-5,10-11H2,1-2H3,(H,26,27,28,29). The van der Waals surface area contributed by atoms with E-state index in [4.69, 9.17) is 10.00 Å². The minimum absolute atomic E-state index is 0.250. The quantitative estimate of drug-likeness (QED) is 0.506. The highest BCUT2D eigenvalue weighted by atomic mass is 79.9. The molecule has 8 heteroatoms. The number of hydrogen-bond acceptors (Lipinski definition) is 7. The van der Waals surface area contributed by atoms with Gasteiger partial charge < -0.3 is 15.0 Å². The molecule has 1 saturated heterocycles. The summed E-state index contributed by atoms with van der Waals surface area (Å²) in [5, 5.41) is 12.2. The van der Waals surface area contributed by atoms with Crippen molar-refractivity contribution in [3.8, 4) is 17.8 Å². The molecular formula is C23H23BrN6O. The number of aryl methyl sites for hydroxylation is 2. The van der Waals surface area contributed by atoms with Gasteiger partial charge in [-0.15, -0.1) is 0 Å². The van der Waals surface area contributed by atoms with Crippen LogP contribution in [-0.4, -0.2) is 28.0 Å². The Labute approximate surface area is 190 Å². The Morgan fingerprint density at radius 2 is 1.68 bits per heavy atom. The van der Waals surface area contributed by atoms with Crippen molar-refractivity contribution in [3.05, 3.63) is 57.6 Å². The molecule has 0 saturated carbocycles. The fraction of sp³-hybridized carbons (Fsp3) is 0.304. The van der Waals surface area contributed by atoms with Gasteiger partial charge in [0, 0.05) is 23.2 Å². The first-order valence-corrected chi connectivity index (χ1v) is 11.0. The van der Waals surface area contributed by atoms with Gasteiger partial charge in [0.05, 0.1) is 11.6 Å². The number of anilines is 3. The number of nitrogens with one attached hydrogen (secondary N) is 1. The lowest BCUT2D eigenvalue weighted by Crippen LogP contribution is -2.31. The van der Waals surface area contributed by atoms with Crippen molar-refractivity contribution in [3.63, 3.8) is 0 Å². The maximum Gasteiger partial charge on any atom is 0.328 e. The smallest absolute Gasteiger partial charge is 0.328 e. The molecule has 0 bridgehead atoms. The maximum absolute atomic E-state index is 9.01. The second kappa shape index (κ2) is 9.31. The molecule has 0 unspecified atom stereocenters. The average Bonchev–Trinajstić information content (AvgIpc) is 2.77. The predicted octanol–water partition coefficient (Wildman–Crippen LogP) is 5.65. The number of hydrogen-bond donors (Lipinski definition) is 1. The van der Waals surface area contributed by atoms with Gasteiger partial charge in [-0.25, -0.2) is 0 Å². The molecule has 0 aliphatic carbocycles. The summed E-state index contributed by atoms with van der Waals surface area (Å²) in [5.41, 5.74) is 3.37. The number of ether oxygens (including phenoxy) is 1. The highest BCUT2D eigenvalue weighted by Crippen LogP contribution is 2.31. The van der Waals surface area contributed by atoms with E-state index in [-0.39, 0.29) is 6.01 Å². The van der Waals surface area contributed by atoms with Gasteiger partial charge in [0.15, 0.2) is 0 Å². The normalized spacial score (nSPS) is 13.5. The first-order valence-electron chi connectivity index (χ1n) is 10.2. The zero-order chi connectivity index (χ0) is 21.8. The molecule has 1 aromatic heterocycles. The van der Waals surface area contributed by atoms with E-state index in [1.54, 1.807) is 12.1 Å². The monoisotopic (exact) mass is 478 g/mol. The van der Waals surface area contributed by atoms with E-state index in [1.807, 2.05) is 38.1 Å². The molecule has 0 atom stereocenters. The summed E-state index contributed by atoms with van der Waals surface area (Å²) in [6.07, 6.45) is 3.45. The molecule has 3 aromatic rings. The second-order valence-corrected chi connectivity index (χ2v) is 8.49. The van der Waals surface area contributed by atoms with Crippen LogP contribution in [0.1, 0.15) is 36.0 Å². The summed E-state index contributed by atoms with van der Waals surface area (Å²) in [7, 11) is 0. The molecule has 2 aromatic carbocycles. The molecule has 1 N–H and O–H groups in total. The van der Waals surface area contributed by atoms with E-state index in [0.29, 0.717) is 17.5 Å². The van der Waals surface area contributed by atoms with Gasteiger partial charge in [-0.1, -0.05) is 15.9 Å². The molecule has 4 rings (SSSR count). The molecule has 0 radical (unpaired) electrons. The fourth-order valence-electron chi connectivity index (χ4n) is 3.59. The summed E-state index contributed by atoms with van der Waals surface area (Å²) < 4.78 is 7.15. The van der Waals surface area contributed by atoms with Gasteiger partial charge in [0.2, 0.25) is 11.9 Å². The van der Waals surface area contributed by atoms with Crippen LogP contribution in [0.5, 0.6) is 11.8 Å². The topological polar surface area (TPSA) is 87.0 Å². The Morgan fingerprint density at radius 1 is 1.00 bits per heavy atom. The fourth-order valence-corrected chi connectivity index (χ4v) is 4.28. The first-order chi connectivity index (χ1) is 15.0. The molecule has 1 fully saturated rings. The predicted molar refractivity (Wildman–Crippen MR) is 124 cm³/mol. The van der Waals surface area contributed by atoms with Crippen LogP contribution in [0.4, 0.5) is 17.6 Å². The number of nitriles is 1. The van der Waals surface area contributed by atoms with Crippen molar-refractivity contribution in [2.75, 3.05) is 23.3 Å². The SMILES string of the molecule is Cc1cc(Br)cc(C)c1Oc1nc(Nc2ccc(C#N)cc2)nc(N2CCCCC2)n1. The average molecular weight is 479 g/mol. The molecule has 7 nitrogen and oxygen atoms in total. The number of piperidine rings is 1. The molecule has 1 aliphatic rings. The van der Waals surface area contributed by atoms with E-state index in [0.717, 1.165) is 53.0 Å². The van der Waals surface area contributed by atoms with Crippen molar-refractivity contribution in [2.24, 2.45) is 0 Å². The third kappa shape index (κ3) is 5.12. The minimum atomic E-state index is 0.250. The van der Waals surface area contributed by atoms with Crippen molar-refractivity contribution in [1.82, 2.24) is 15.0 Å². The van der Waals surface area contributed by atoms with Gasteiger partial charge in [0.25, 0.3) is 0 Å². The zero-order valence-corrected chi connectivity index (χ0v) is 19.1. The lowest BCUT2D eigenvalue weighted by atomic mass is 10.1. The van der Waals surface area contributed by atoms with Crippen LogP contribution in [-0.2, 0) is 0 Å². The molecule has 2 heterocycles. The van der Waals surface area contributed by atoms with Crippen LogP contribution < -0.4 is 15.0 Å². The molecule has 0 amide bonds. The molecule has 31 heavy (non-hydrogen) atoms. The van der Waals surface area contributed by atoms with Crippen molar-refractivity contribution in [1.29, 1.82) is 5.26 Å². The summed E-state index contributed by atoms with van der Waals surface area (Å²) >= 11 is 3.52. The molecule has 158 valence electrons. The summed E-state index contributed by atoms with van der Waals surface area (Å²) in [5.74, 6) is 1.75. The third-order valence-electron chi connectivity index (χ3n) is 5.13. The van der Waals surface area contributed by atoms with Gasteiger partial charge in [-0.3, -0.25) is 0 Å². The van der Waals surface area contributed by atoms with Crippen LogP contribution in [0, 0.1) is 25.2 Å². The highest BCUT2D eigenvalue weighted by molar-refractivity contribution is 9.10. The van der Waals surface area contributed by atoms with E-state index in [2.05, 4.69) is 47.2 Å². The second-order valence-electron chi connectivity index (χ2n) is 7.57. The van der Waals surface area contributed by atoms with Gasteiger partial charge in [-0.05, 0) is 80.6 Å². The Hall–Kier alpha value is -3.18. The minimum Gasteiger partial charge on any atom is -0.424 e. The lowest BCUT2D eigenvalue weighted by molar-refractivity contribution is 0.432. The number of rotatable bonds is 5. The van der Waals surface area contributed by atoms with E-state index >= 15 is 0 Å². The van der Waals surface area contributed by atoms with Crippen molar-refractivity contribution in [2.45, 2.75) is 33.1 Å². The molecule has 0 spiro atoms.